The van der Waals surface area contributed by atoms with Crippen LogP contribution in [0.1, 0.15) is 29.6 Å². The maximum Gasteiger partial charge on any atom is 0.243 e. The molecule has 0 amide bonds. The zero-order valence-electron chi connectivity index (χ0n) is 12.3. The molecule has 0 spiro atoms. The topological polar surface area (TPSA) is 76.3 Å². The van der Waals surface area contributed by atoms with Crippen LogP contribution in [-0.4, -0.2) is 36.0 Å². The third-order valence-electron chi connectivity index (χ3n) is 3.80. The molecule has 0 aliphatic carbocycles. The first-order chi connectivity index (χ1) is 10.4. The van der Waals surface area contributed by atoms with Gasteiger partial charge in [-0.1, -0.05) is 16.8 Å². The first-order valence-corrected chi connectivity index (χ1v) is 8.76. The maximum atomic E-state index is 12.8. The molecule has 0 bridgehead atoms. The number of nitrogens with zero attached hydrogens (tertiary/aromatic N) is 3. The fourth-order valence-electron chi connectivity index (χ4n) is 2.67. The fraction of sp³-hybridized carbons (Fsp3) is 0.429. The minimum absolute atomic E-state index is 0.0522. The molecule has 3 rings (SSSR count). The Hall–Kier alpha value is -1.44. The molecule has 1 aromatic carbocycles. The maximum absolute atomic E-state index is 12.8. The highest BCUT2D eigenvalue weighted by Crippen LogP contribution is 2.31. The van der Waals surface area contributed by atoms with Gasteiger partial charge in [0.15, 0.2) is 5.82 Å². The van der Waals surface area contributed by atoms with Crippen LogP contribution in [0, 0.1) is 13.8 Å². The van der Waals surface area contributed by atoms with Crippen LogP contribution in [0.3, 0.4) is 0 Å². The second-order valence-electron chi connectivity index (χ2n) is 5.44. The first-order valence-electron chi connectivity index (χ1n) is 6.94. The quantitative estimate of drug-likeness (QED) is 0.857. The van der Waals surface area contributed by atoms with Crippen molar-refractivity contribution >= 4 is 21.6 Å². The van der Waals surface area contributed by atoms with E-state index >= 15 is 0 Å². The highest BCUT2D eigenvalue weighted by Gasteiger charge is 2.36. The average molecular weight is 342 g/mol. The van der Waals surface area contributed by atoms with Crippen molar-refractivity contribution in [3.8, 4) is 0 Å². The van der Waals surface area contributed by atoms with E-state index in [1.165, 1.54) is 4.31 Å². The lowest BCUT2D eigenvalue weighted by atomic mass is 10.1. The minimum atomic E-state index is -3.54. The summed E-state index contributed by atoms with van der Waals surface area (Å²) in [7, 11) is -3.54. The summed E-state index contributed by atoms with van der Waals surface area (Å²) in [6.45, 7) is 4.28. The van der Waals surface area contributed by atoms with Gasteiger partial charge in [0, 0.05) is 18.1 Å². The predicted octanol–water partition coefficient (Wildman–Crippen LogP) is 2.52. The average Bonchev–Trinajstić information content (AvgIpc) is 3.06. The van der Waals surface area contributed by atoms with E-state index in [2.05, 4.69) is 10.1 Å². The number of aromatic nitrogens is 2. The molecule has 118 valence electrons. The van der Waals surface area contributed by atoms with Crippen LogP contribution >= 0.6 is 11.6 Å². The van der Waals surface area contributed by atoms with Gasteiger partial charge in [-0.3, -0.25) is 0 Å². The smallest absolute Gasteiger partial charge is 0.243 e. The molecule has 1 saturated heterocycles. The van der Waals surface area contributed by atoms with Gasteiger partial charge in [0.1, 0.15) is 0 Å². The molecule has 2 aromatic rings. The van der Waals surface area contributed by atoms with Crippen molar-refractivity contribution in [2.24, 2.45) is 0 Å². The van der Waals surface area contributed by atoms with E-state index in [9.17, 15) is 8.42 Å². The largest absolute Gasteiger partial charge is 0.339 e. The molecular weight excluding hydrogens is 326 g/mol. The van der Waals surface area contributed by atoms with Crippen molar-refractivity contribution < 1.29 is 12.9 Å². The van der Waals surface area contributed by atoms with E-state index in [-0.39, 0.29) is 5.92 Å². The number of sulfonamides is 1. The Morgan fingerprint density at radius 3 is 2.77 bits per heavy atom. The van der Waals surface area contributed by atoms with E-state index in [0.29, 0.717) is 46.7 Å². The Morgan fingerprint density at radius 2 is 2.14 bits per heavy atom. The second kappa shape index (κ2) is 5.64. The summed E-state index contributed by atoms with van der Waals surface area (Å²) in [4.78, 5) is 4.49. The Labute approximate surface area is 134 Å². The number of hydrogen-bond donors (Lipinski definition) is 0. The molecule has 1 aliphatic rings. The van der Waals surface area contributed by atoms with Crippen molar-refractivity contribution in [2.45, 2.75) is 31.1 Å². The molecule has 0 unspecified atom stereocenters. The molecule has 1 fully saturated rings. The second-order valence-corrected chi connectivity index (χ2v) is 7.78. The summed E-state index contributed by atoms with van der Waals surface area (Å²) in [5, 5.41) is 4.29. The molecule has 1 aliphatic heterocycles. The molecule has 1 atom stereocenters. The van der Waals surface area contributed by atoms with Gasteiger partial charge < -0.3 is 4.52 Å². The molecule has 0 saturated carbocycles. The number of aryl methyl sites for hydroxylation is 2. The van der Waals surface area contributed by atoms with Gasteiger partial charge >= 0.3 is 0 Å². The summed E-state index contributed by atoms with van der Waals surface area (Å²) in [6.07, 6.45) is 0.674. The summed E-state index contributed by atoms with van der Waals surface area (Å²) < 4.78 is 32.1. The number of halogens is 1. The van der Waals surface area contributed by atoms with E-state index in [4.69, 9.17) is 16.1 Å². The van der Waals surface area contributed by atoms with Gasteiger partial charge in [0.25, 0.3) is 0 Å². The molecule has 0 radical (unpaired) electrons. The Kier molecular flexibility index (Phi) is 3.96. The Balaban J connectivity index is 1.85. The van der Waals surface area contributed by atoms with E-state index in [0.717, 1.165) is 0 Å². The Morgan fingerprint density at radius 1 is 1.36 bits per heavy atom. The van der Waals surface area contributed by atoms with E-state index in [1.807, 2.05) is 0 Å². The molecular formula is C14H16ClN3O3S. The van der Waals surface area contributed by atoms with Gasteiger partial charge in [-0.25, -0.2) is 8.42 Å². The summed E-state index contributed by atoms with van der Waals surface area (Å²) in [5.74, 6) is 1.01. The lowest BCUT2D eigenvalue weighted by Crippen LogP contribution is -2.29. The molecule has 2 heterocycles. The molecule has 22 heavy (non-hydrogen) atoms. The van der Waals surface area contributed by atoms with Gasteiger partial charge in [0.2, 0.25) is 15.9 Å². The molecule has 6 nitrogen and oxygen atoms in total. The number of rotatable bonds is 3. The molecule has 0 N–H and O–H groups in total. The van der Waals surface area contributed by atoms with Gasteiger partial charge in [-0.05, 0) is 44.0 Å². The van der Waals surface area contributed by atoms with Crippen LogP contribution in [0.15, 0.2) is 27.6 Å². The van der Waals surface area contributed by atoms with Crippen LogP contribution in [0.5, 0.6) is 0 Å². The number of benzene rings is 1. The van der Waals surface area contributed by atoms with Gasteiger partial charge in [-0.2, -0.15) is 9.29 Å². The normalized spacial score (nSPS) is 19.7. The summed E-state index contributed by atoms with van der Waals surface area (Å²) in [6, 6.07) is 4.80. The van der Waals surface area contributed by atoms with Crippen LogP contribution in [0.4, 0.5) is 0 Å². The number of hydrogen-bond acceptors (Lipinski definition) is 5. The molecule has 1 aromatic heterocycles. The third-order valence-corrected chi connectivity index (χ3v) is 6.06. The van der Waals surface area contributed by atoms with Crippen molar-refractivity contribution in [1.29, 1.82) is 0 Å². The third kappa shape index (κ3) is 2.76. The van der Waals surface area contributed by atoms with Crippen LogP contribution in [0.25, 0.3) is 0 Å². The lowest BCUT2D eigenvalue weighted by Gasteiger charge is -2.17. The molecule has 8 heteroatoms. The zero-order chi connectivity index (χ0) is 15.9. The van der Waals surface area contributed by atoms with Crippen molar-refractivity contribution in [3.05, 3.63) is 40.5 Å². The van der Waals surface area contributed by atoms with Crippen molar-refractivity contribution in [1.82, 2.24) is 14.4 Å². The van der Waals surface area contributed by atoms with E-state index in [1.54, 1.807) is 32.0 Å². The van der Waals surface area contributed by atoms with Gasteiger partial charge in [-0.15, -0.1) is 0 Å². The summed E-state index contributed by atoms with van der Waals surface area (Å²) >= 11 is 5.90. The van der Waals surface area contributed by atoms with Crippen LogP contribution < -0.4 is 0 Å². The predicted molar refractivity (Wildman–Crippen MR) is 81.3 cm³/mol. The van der Waals surface area contributed by atoms with Crippen LogP contribution in [-0.2, 0) is 10.0 Å². The lowest BCUT2D eigenvalue weighted by molar-refractivity contribution is 0.351. The highest BCUT2D eigenvalue weighted by molar-refractivity contribution is 7.89. The fourth-order valence-corrected chi connectivity index (χ4v) is 4.60. The van der Waals surface area contributed by atoms with E-state index < -0.39 is 10.0 Å². The van der Waals surface area contributed by atoms with Crippen molar-refractivity contribution in [3.63, 3.8) is 0 Å². The zero-order valence-corrected chi connectivity index (χ0v) is 13.9. The van der Waals surface area contributed by atoms with Crippen molar-refractivity contribution in [2.75, 3.05) is 13.1 Å². The standard InChI is InChI=1S/C14H16ClN3O3S/c1-9-7-12(15)3-4-13(9)22(19,20)18-6-5-11(8-18)14-16-10(2)17-21-14/h3-4,7,11H,5-6,8H2,1-2H3/t11-/m0/s1. The van der Waals surface area contributed by atoms with Crippen LogP contribution in [0.2, 0.25) is 5.02 Å². The Bertz CT molecular complexity index is 803. The minimum Gasteiger partial charge on any atom is -0.339 e. The SMILES string of the molecule is Cc1noc([C@H]2CCN(S(=O)(=O)c3ccc(Cl)cc3C)C2)n1. The highest BCUT2D eigenvalue weighted by atomic mass is 35.5. The monoisotopic (exact) mass is 341 g/mol. The van der Waals surface area contributed by atoms with Gasteiger partial charge in [0.05, 0.1) is 10.8 Å². The summed E-state index contributed by atoms with van der Waals surface area (Å²) in [5.41, 5.74) is 0.643. The first kappa shape index (κ1) is 15.5.